The molecule has 0 spiro atoms. The lowest BCUT2D eigenvalue weighted by atomic mass is 10.2. The van der Waals surface area contributed by atoms with E-state index >= 15 is 0 Å². The Morgan fingerprint density at radius 2 is 1.58 bits per heavy atom. The van der Waals surface area contributed by atoms with Crippen LogP contribution in [0.1, 0.15) is 34.4 Å². The van der Waals surface area contributed by atoms with Gasteiger partial charge in [0.1, 0.15) is 11.5 Å². The minimum atomic E-state index is -1.16. The van der Waals surface area contributed by atoms with Gasteiger partial charge in [-0.2, -0.15) is 0 Å². The number of nitrogens with zero attached hydrogens (tertiary/aromatic N) is 3. The molecule has 4 rings (SSSR count). The number of halogens is 1. The fourth-order valence-electron chi connectivity index (χ4n) is 4.17. The van der Waals surface area contributed by atoms with Crippen LogP contribution in [-0.2, 0) is 16.6 Å². The van der Waals surface area contributed by atoms with E-state index in [-0.39, 0.29) is 11.5 Å². The molecule has 1 amide bonds. The number of aryl methyl sites for hydroxylation is 1. The molecule has 36 heavy (non-hydrogen) atoms. The van der Waals surface area contributed by atoms with E-state index < -0.39 is 23.5 Å². The van der Waals surface area contributed by atoms with Gasteiger partial charge in [-0.25, -0.2) is 13.9 Å². The maximum atomic E-state index is 13.3. The van der Waals surface area contributed by atoms with Crippen LogP contribution in [-0.4, -0.2) is 31.9 Å². The first kappa shape index (κ1) is 24.7. The second-order valence-corrected chi connectivity index (χ2v) is 8.57. The number of hydrogen-bond donors (Lipinski definition) is 1. The number of esters is 1. The van der Waals surface area contributed by atoms with Crippen molar-refractivity contribution < 1.29 is 18.7 Å². The third-order valence-electron chi connectivity index (χ3n) is 6.19. The van der Waals surface area contributed by atoms with E-state index in [2.05, 4.69) is 5.32 Å². The van der Waals surface area contributed by atoms with Gasteiger partial charge >= 0.3 is 5.97 Å². The number of carbonyl (C=O) groups excluding carboxylic acids is 2. The quantitative estimate of drug-likeness (QED) is 0.410. The van der Waals surface area contributed by atoms with Gasteiger partial charge in [0.25, 0.3) is 11.5 Å². The molecule has 1 unspecified atom stereocenters. The van der Waals surface area contributed by atoms with Crippen molar-refractivity contribution in [3.63, 3.8) is 0 Å². The molecular weight excluding hydrogens is 463 g/mol. The Bertz CT molecular complexity index is 1500. The summed E-state index contributed by atoms with van der Waals surface area (Å²) in [6, 6.07) is 16.6. The maximum absolute atomic E-state index is 13.3. The van der Waals surface area contributed by atoms with Crippen LogP contribution >= 0.6 is 0 Å². The Morgan fingerprint density at radius 1 is 0.944 bits per heavy atom. The summed E-state index contributed by atoms with van der Waals surface area (Å²) in [4.78, 5) is 38.8. The van der Waals surface area contributed by atoms with Gasteiger partial charge in [-0.3, -0.25) is 14.3 Å². The van der Waals surface area contributed by atoms with Crippen molar-refractivity contribution in [2.75, 3.05) is 5.32 Å². The summed E-state index contributed by atoms with van der Waals surface area (Å²) < 4.78 is 23.7. The second kappa shape index (κ2) is 9.69. The van der Waals surface area contributed by atoms with Crippen LogP contribution in [0.4, 0.5) is 10.1 Å². The number of ether oxygens (including phenoxy) is 1. The zero-order chi connectivity index (χ0) is 26.1. The summed E-state index contributed by atoms with van der Waals surface area (Å²) in [5, 5.41) is 2.62. The van der Waals surface area contributed by atoms with E-state index in [4.69, 9.17) is 4.74 Å². The van der Waals surface area contributed by atoms with Gasteiger partial charge in [0.15, 0.2) is 6.10 Å². The van der Waals surface area contributed by atoms with E-state index in [0.717, 1.165) is 5.69 Å². The van der Waals surface area contributed by atoms with Crippen LogP contribution in [0.2, 0.25) is 0 Å². The van der Waals surface area contributed by atoms with Gasteiger partial charge in [0, 0.05) is 24.1 Å². The highest BCUT2D eigenvalue weighted by Crippen LogP contribution is 2.22. The molecule has 0 bridgehead atoms. The highest BCUT2D eigenvalue weighted by atomic mass is 19.1. The number of para-hydroxylation sites is 1. The number of rotatable bonds is 6. The molecule has 2 heterocycles. The SMILES string of the molecule is Cc1cc(C(=O)OC(C)C(=O)Nc2c(C)n(C)n(-c3ccccc3)c2=O)c(C)n1-c1ccc(F)cc1. The normalized spacial score (nSPS) is 11.8. The van der Waals surface area contributed by atoms with Crippen LogP contribution in [0.5, 0.6) is 0 Å². The third-order valence-corrected chi connectivity index (χ3v) is 6.19. The van der Waals surface area contributed by atoms with Crippen molar-refractivity contribution in [3.05, 3.63) is 99.5 Å². The number of carbonyl (C=O) groups is 2. The summed E-state index contributed by atoms with van der Waals surface area (Å²) in [6.45, 7) is 6.73. The average molecular weight is 491 g/mol. The van der Waals surface area contributed by atoms with Gasteiger partial charge in [-0.15, -0.1) is 0 Å². The molecule has 0 fully saturated rings. The topological polar surface area (TPSA) is 87.3 Å². The van der Waals surface area contributed by atoms with Crippen LogP contribution in [0.3, 0.4) is 0 Å². The predicted molar refractivity (Wildman–Crippen MR) is 134 cm³/mol. The number of aromatic nitrogens is 3. The molecule has 0 radical (unpaired) electrons. The van der Waals surface area contributed by atoms with Gasteiger partial charge < -0.3 is 14.6 Å². The van der Waals surface area contributed by atoms with E-state index in [1.807, 2.05) is 25.1 Å². The van der Waals surface area contributed by atoms with Crippen molar-refractivity contribution in [1.29, 1.82) is 0 Å². The van der Waals surface area contributed by atoms with E-state index in [1.54, 1.807) is 60.5 Å². The molecule has 186 valence electrons. The van der Waals surface area contributed by atoms with Gasteiger partial charge in [-0.1, -0.05) is 18.2 Å². The fourth-order valence-corrected chi connectivity index (χ4v) is 4.17. The molecule has 4 aromatic rings. The molecule has 1 N–H and O–H groups in total. The lowest BCUT2D eigenvalue weighted by Gasteiger charge is -2.13. The molecule has 2 aromatic heterocycles. The molecule has 0 saturated heterocycles. The lowest BCUT2D eigenvalue weighted by Crippen LogP contribution is -2.32. The smallest absolute Gasteiger partial charge is 0.340 e. The Kier molecular flexibility index (Phi) is 6.65. The molecular formula is C27H27FN4O4. The monoisotopic (exact) mass is 490 g/mol. The summed E-state index contributed by atoms with van der Waals surface area (Å²) >= 11 is 0. The maximum Gasteiger partial charge on any atom is 0.340 e. The minimum absolute atomic E-state index is 0.115. The molecule has 0 aliphatic carbocycles. The van der Waals surface area contributed by atoms with Crippen molar-refractivity contribution in [2.24, 2.45) is 7.05 Å². The Morgan fingerprint density at radius 3 is 2.22 bits per heavy atom. The first-order valence-electron chi connectivity index (χ1n) is 11.4. The highest BCUT2D eigenvalue weighted by molar-refractivity contribution is 5.98. The van der Waals surface area contributed by atoms with Gasteiger partial charge in [0.05, 0.1) is 16.9 Å². The number of hydrogen-bond acceptors (Lipinski definition) is 4. The zero-order valence-electron chi connectivity index (χ0n) is 20.7. The van der Waals surface area contributed by atoms with E-state index in [9.17, 15) is 18.8 Å². The van der Waals surface area contributed by atoms with Crippen LogP contribution in [0.15, 0.2) is 65.5 Å². The number of nitrogens with one attached hydrogen (secondary N) is 1. The Hall–Kier alpha value is -4.40. The van der Waals surface area contributed by atoms with Crippen LogP contribution in [0, 0.1) is 26.6 Å². The second-order valence-electron chi connectivity index (χ2n) is 8.57. The van der Waals surface area contributed by atoms with Crippen molar-refractivity contribution in [1.82, 2.24) is 13.9 Å². The third kappa shape index (κ3) is 4.47. The number of anilines is 1. The van der Waals surface area contributed by atoms with Crippen molar-refractivity contribution >= 4 is 17.6 Å². The lowest BCUT2D eigenvalue weighted by molar-refractivity contribution is -0.123. The number of amides is 1. The molecule has 2 aromatic carbocycles. The van der Waals surface area contributed by atoms with Crippen molar-refractivity contribution in [3.8, 4) is 11.4 Å². The van der Waals surface area contributed by atoms with E-state index in [0.29, 0.717) is 28.3 Å². The van der Waals surface area contributed by atoms with Gasteiger partial charge in [-0.05, 0) is 70.2 Å². The summed E-state index contributed by atoms with van der Waals surface area (Å²) in [6.07, 6.45) is -1.16. The molecule has 0 saturated carbocycles. The summed E-state index contributed by atoms with van der Waals surface area (Å²) in [5.74, 6) is -1.66. The standard InChI is InChI=1S/C27H27FN4O4/c1-16-15-23(17(2)31(16)21-13-11-20(28)12-14-21)27(35)36-19(4)25(33)29-24-18(3)30(5)32(26(24)34)22-9-7-6-8-10-22/h6-15,19H,1-5H3,(H,29,33). The van der Waals surface area contributed by atoms with Crippen molar-refractivity contribution in [2.45, 2.75) is 33.8 Å². The number of benzene rings is 2. The summed E-state index contributed by atoms with van der Waals surface area (Å²) in [5.41, 5.74) is 3.28. The predicted octanol–water partition coefficient (Wildman–Crippen LogP) is 4.22. The Balaban J connectivity index is 1.52. The van der Waals surface area contributed by atoms with E-state index in [1.165, 1.54) is 23.7 Å². The molecule has 0 aliphatic heterocycles. The molecule has 8 nitrogen and oxygen atoms in total. The fraction of sp³-hybridized carbons (Fsp3) is 0.222. The summed E-state index contributed by atoms with van der Waals surface area (Å²) in [7, 11) is 1.72. The largest absolute Gasteiger partial charge is 0.449 e. The first-order valence-corrected chi connectivity index (χ1v) is 11.4. The first-order chi connectivity index (χ1) is 17.1. The zero-order valence-corrected chi connectivity index (χ0v) is 20.7. The highest BCUT2D eigenvalue weighted by Gasteiger charge is 2.25. The molecule has 0 aliphatic rings. The molecule has 1 atom stereocenters. The van der Waals surface area contributed by atoms with Gasteiger partial charge in [0.2, 0.25) is 0 Å². The minimum Gasteiger partial charge on any atom is -0.449 e. The average Bonchev–Trinajstić information content (AvgIpc) is 3.27. The molecule has 9 heteroatoms. The van der Waals surface area contributed by atoms with Crippen LogP contribution in [0.25, 0.3) is 11.4 Å². The Labute approximate surface area is 207 Å². The van der Waals surface area contributed by atoms with Crippen LogP contribution < -0.4 is 10.9 Å².